The van der Waals surface area contributed by atoms with Gasteiger partial charge in [-0.05, 0) is 45.3 Å². The quantitative estimate of drug-likeness (QED) is 0.390. The van der Waals surface area contributed by atoms with Gasteiger partial charge in [-0.15, -0.1) is 0 Å². The van der Waals surface area contributed by atoms with Crippen LogP contribution in [0.1, 0.15) is 6.92 Å². The summed E-state index contributed by atoms with van der Waals surface area (Å²) >= 11 is 0. The van der Waals surface area contributed by atoms with Crippen LogP contribution in [-0.2, 0) is 17.8 Å². The van der Waals surface area contributed by atoms with Gasteiger partial charge in [-0.2, -0.15) is 0 Å². The molecule has 0 aliphatic rings. The first-order chi connectivity index (χ1) is 8.43. The average molecular weight is 321 g/mol. The number of ether oxygens (including phenoxy) is 1. The molecule has 112 valence electrons. The normalized spacial score (nSPS) is 13.2. The van der Waals surface area contributed by atoms with Crippen LogP contribution < -0.4 is 0 Å². The summed E-state index contributed by atoms with van der Waals surface area (Å²) in [6.07, 6.45) is 1.52. The minimum absolute atomic E-state index is 0.339. The molecule has 0 saturated heterocycles. The van der Waals surface area contributed by atoms with E-state index in [1.807, 2.05) is 13.1 Å². The van der Waals surface area contributed by atoms with E-state index in [1.54, 1.807) is 0 Å². The van der Waals surface area contributed by atoms with E-state index in [9.17, 15) is 4.79 Å². The molecule has 0 unspecified atom stereocenters. The molecule has 19 heavy (non-hydrogen) atoms. The first-order valence-electron chi connectivity index (χ1n) is 6.62. The molecule has 0 heterocycles. The Balaban J connectivity index is 4.53. The van der Waals surface area contributed by atoms with Crippen molar-refractivity contribution in [1.29, 1.82) is 0 Å². The molecule has 0 fully saturated rings. The molecule has 0 aliphatic heterocycles. The van der Waals surface area contributed by atoms with Crippen molar-refractivity contribution in [3.8, 4) is 0 Å². The zero-order valence-electron chi connectivity index (χ0n) is 13.3. The van der Waals surface area contributed by atoms with E-state index in [4.69, 9.17) is 13.0 Å². The number of hydrogen-bond donors (Lipinski definition) is 0. The largest absolute Gasteiger partial charge is 0.463 e. The van der Waals surface area contributed by atoms with Gasteiger partial charge in [-0.25, -0.2) is 4.79 Å². The fraction of sp³-hybridized carbons (Fsp3) is 0.750. The van der Waals surface area contributed by atoms with Gasteiger partial charge < -0.3 is 13.0 Å². The molecule has 0 radical (unpaired) electrons. The van der Waals surface area contributed by atoms with Crippen LogP contribution in [0.4, 0.5) is 0 Å². The number of hydrogen-bond acceptors (Lipinski definition) is 4. The van der Waals surface area contributed by atoms with Crippen molar-refractivity contribution in [2.75, 3.05) is 6.23 Å². The predicted octanol–water partition coefficient (Wildman–Crippen LogP) is 3.42. The summed E-state index contributed by atoms with van der Waals surface area (Å²) in [5.74, 6) is -0.396. The molecule has 0 amide bonds. The number of carbonyl (C=O) groups is 1. The van der Waals surface area contributed by atoms with Gasteiger partial charge in [0.15, 0.2) is 8.32 Å². The van der Waals surface area contributed by atoms with E-state index >= 15 is 0 Å². The van der Waals surface area contributed by atoms with Crippen molar-refractivity contribution in [1.82, 2.24) is 0 Å². The molecule has 7 heteroatoms. The Kier molecular flexibility index (Phi) is 6.90. The van der Waals surface area contributed by atoms with Gasteiger partial charge in [-0.3, -0.25) is 0 Å². The minimum atomic E-state index is -2.17. The lowest BCUT2D eigenvalue weighted by Crippen LogP contribution is -2.54. The van der Waals surface area contributed by atoms with Gasteiger partial charge in [0.2, 0.25) is 8.32 Å². The molecule has 0 rings (SSSR count). The predicted molar refractivity (Wildman–Crippen MR) is 86.3 cm³/mol. The van der Waals surface area contributed by atoms with Crippen LogP contribution in [0.2, 0.25) is 45.3 Å². The molecule has 4 nitrogen and oxygen atoms in total. The second-order valence-electron chi connectivity index (χ2n) is 6.29. The van der Waals surface area contributed by atoms with E-state index in [1.165, 1.54) is 6.08 Å². The van der Waals surface area contributed by atoms with Crippen LogP contribution in [-0.4, -0.2) is 37.4 Å². The second kappa shape index (κ2) is 6.98. The maximum atomic E-state index is 11.1. The molecule has 0 atom stereocenters. The summed E-state index contributed by atoms with van der Waals surface area (Å²) in [5.41, 5.74) is 0. The summed E-state index contributed by atoms with van der Waals surface area (Å²) in [6.45, 7) is 18.2. The Bertz CT molecular complexity index is 327. The Hall–Kier alpha value is -0.219. The molecular formula is C12H28O4Si3. The van der Waals surface area contributed by atoms with Crippen molar-refractivity contribution in [2.24, 2.45) is 0 Å². The fourth-order valence-corrected chi connectivity index (χ4v) is 14.2. The first kappa shape index (κ1) is 18.8. The number of rotatable bonds is 8. The third-order valence-electron chi connectivity index (χ3n) is 2.62. The molecular weight excluding hydrogens is 292 g/mol. The molecule has 0 N–H and O–H groups in total. The minimum Gasteiger partial charge on any atom is -0.463 e. The highest BCUT2D eigenvalue weighted by atomic mass is 28.5. The molecule has 0 saturated carbocycles. The van der Waals surface area contributed by atoms with Crippen molar-refractivity contribution in [3.63, 3.8) is 0 Å². The Labute approximate surface area is 120 Å². The lowest BCUT2D eigenvalue weighted by molar-refractivity contribution is -0.136. The van der Waals surface area contributed by atoms with Crippen LogP contribution in [0.3, 0.4) is 0 Å². The lowest BCUT2D eigenvalue weighted by Gasteiger charge is -2.38. The van der Waals surface area contributed by atoms with E-state index in [2.05, 4.69) is 39.7 Å². The molecule has 0 aliphatic carbocycles. The highest BCUT2D eigenvalue weighted by Gasteiger charge is 2.39. The monoisotopic (exact) mass is 320 g/mol. The van der Waals surface area contributed by atoms with Crippen molar-refractivity contribution < 1.29 is 17.8 Å². The van der Waals surface area contributed by atoms with Crippen LogP contribution in [0.5, 0.6) is 0 Å². The Morgan fingerprint density at radius 3 is 1.95 bits per heavy atom. The van der Waals surface area contributed by atoms with Crippen LogP contribution in [0.15, 0.2) is 12.7 Å². The van der Waals surface area contributed by atoms with E-state index in [0.717, 1.165) is 6.04 Å². The van der Waals surface area contributed by atoms with Crippen molar-refractivity contribution in [2.45, 2.75) is 52.2 Å². The summed E-state index contributed by atoms with van der Waals surface area (Å²) in [4.78, 5) is 11.1. The lowest BCUT2D eigenvalue weighted by atomic mass is 10.7. The van der Waals surface area contributed by atoms with Gasteiger partial charge >= 0.3 is 14.5 Å². The van der Waals surface area contributed by atoms with Gasteiger partial charge in [0.25, 0.3) is 0 Å². The topological polar surface area (TPSA) is 44.8 Å². The number of carbonyl (C=O) groups excluding carboxylic acids is 1. The van der Waals surface area contributed by atoms with Crippen molar-refractivity contribution in [3.05, 3.63) is 12.7 Å². The van der Waals surface area contributed by atoms with Crippen LogP contribution >= 0.6 is 0 Å². The fourth-order valence-electron chi connectivity index (χ4n) is 1.76. The molecule has 0 aromatic carbocycles. The van der Waals surface area contributed by atoms with Gasteiger partial charge in [-0.1, -0.05) is 13.5 Å². The summed E-state index contributed by atoms with van der Waals surface area (Å²) in [6, 6.07) is 1.07. The van der Waals surface area contributed by atoms with Gasteiger partial charge in [0, 0.05) is 6.08 Å². The zero-order valence-corrected chi connectivity index (χ0v) is 16.3. The molecule has 0 bridgehead atoms. The SMILES string of the molecule is C=CC(=O)OC[Si](C)(C)O[Si](C)(C)O[Si](C)(C)CC. The van der Waals surface area contributed by atoms with Crippen LogP contribution in [0, 0.1) is 0 Å². The maximum Gasteiger partial charge on any atom is 0.329 e. The van der Waals surface area contributed by atoms with Gasteiger partial charge in [0.1, 0.15) is 6.23 Å². The highest BCUT2D eigenvalue weighted by Crippen LogP contribution is 2.22. The van der Waals surface area contributed by atoms with E-state index in [0.29, 0.717) is 6.23 Å². The van der Waals surface area contributed by atoms with E-state index in [-0.39, 0.29) is 0 Å². The van der Waals surface area contributed by atoms with Crippen LogP contribution in [0.25, 0.3) is 0 Å². The number of esters is 1. The molecule has 0 spiro atoms. The maximum absolute atomic E-state index is 11.1. The third kappa shape index (κ3) is 8.53. The standard InChI is InChI=1S/C12H28O4Si3/c1-9-12(13)14-11-18(5,6)16-19(7,8)15-17(3,4)10-2/h9H,1,10-11H2,2-8H3. The zero-order chi connectivity index (χ0) is 15.3. The Morgan fingerprint density at radius 2 is 1.53 bits per heavy atom. The van der Waals surface area contributed by atoms with E-state index < -0.39 is 31.2 Å². The summed E-state index contributed by atoms with van der Waals surface area (Å²) in [5, 5.41) is 0. The smallest absolute Gasteiger partial charge is 0.329 e. The molecule has 0 aromatic rings. The second-order valence-corrected chi connectivity index (χ2v) is 18.8. The third-order valence-corrected chi connectivity index (χ3v) is 13.5. The summed E-state index contributed by atoms with van der Waals surface area (Å²) in [7, 11) is -5.86. The first-order valence-corrected chi connectivity index (χ1v) is 15.7. The molecule has 0 aromatic heterocycles. The van der Waals surface area contributed by atoms with Gasteiger partial charge in [0.05, 0.1) is 0 Å². The highest BCUT2D eigenvalue weighted by molar-refractivity contribution is 6.87. The van der Waals surface area contributed by atoms with Crippen molar-refractivity contribution >= 4 is 31.2 Å². The average Bonchev–Trinajstić information content (AvgIpc) is 2.23. The summed E-state index contributed by atoms with van der Waals surface area (Å²) < 4.78 is 17.6. The Morgan fingerprint density at radius 1 is 1.05 bits per heavy atom.